The molecule has 0 heterocycles. The van der Waals surface area contributed by atoms with Crippen LogP contribution in [0.15, 0.2) is 54.3 Å². The number of aryl methyl sites for hydroxylation is 1. The van der Waals surface area contributed by atoms with E-state index < -0.39 is 0 Å². The third-order valence-electron chi connectivity index (χ3n) is 3.66. The number of aliphatic hydroxyl groups is 1. The van der Waals surface area contributed by atoms with E-state index in [1.807, 2.05) is 55.5 Å². The number of benzene rings is 2. The topological polar surface area (TPSA) is 37.3 Å². The first-order chi connectivity index (χ1) is 9.65. The van der Waals surface area contributed by atoms with Crippen LogP contribution < -0.4 is 0 Å². The normalized spacial score (nSPS) is 16.1. The summed E-state index contributed by atoms with van der Waals surface area (Å²) in [6.45, 7) is 2.02. The maximum atomic E-state index is 12.1. The number of hydrogen-bond donors (Lipinski definition) is 1. The van der Waals surface area contributed by atoms with Crippen molar-refractivity contribution in [3.8, 4) is 0 Å². The number of carbonyl (C=O) groups is 1. The maximum absolute atomic E-state index is 12.1. The SMILES string of the molecule is Cc1cccc(CC(O)=C2C(=O)Cc3ccccc32)c1. The lowest BCUT2D eigenvalue weighted by Crippen LogP contribution is -2.01. The Morgan fingerprint density at radius 2 is 1.95 bits per heavy atom. The molecule has 0 atom stereocenters. The van der Waals surface area contributed by atoms with Gasteiger partial charge in [-0.25, -0.2) is 0 Å². The van der Waals surface area contributed by atoms with Crippen LogP contribution in [0.1, 0.15) is 22.3 Å². The molecule has 0 spiro atoms. The van der Waals surface area contributed by atoms with Crippen LogP contribution in [0.2, 0.25) is 0 Å². The highest BCUT2D eigenvalue weighted by atomic mass is 16.3. The molecule has 0 aromatic heterocycles. The fourth-order valence-corrected chi connectivity index (χ4v) is 2.75. The average molecular weight is 264 g/mol. The van der Waals surface area contributed by atoms with Gasteiger partial charge in [0.15, 0.2) is 5.78 Å². The number of hydrogen-bond acceptors (Lipinski definition) is 2. The van der Waals surface area contributed by atoms with Crippen LogP contribution in [0, 0.1) is 6.92 Å². The molecule has 1 aliphatic rings. The van der Waals surface area contributed by atoms with Crippen LogP contribution in [-0.4, -0.2) is 10.9 Å². The molecule has 20 heavy (non-hydrogen) atoms. The van der Waals surface area contributed by atoms with Crippen molar-refractivity contribution in [3.05, 3.63) is 76.5 Å². The van der Waals surface area contributed by atoms with E-state index in [1.165, 1.54) is 0 Å². The summed E-state index contributed by atoms with van der Waals surface area (Å²) < 4.78 is 0. The van der Waals surface area contributed by atoms with Crippen molar-refractivity contribution in [2.45, 2.75) is 19.8 Å². The van der Waals surface area contributed by atoms with E-state index in [9.17, 15) is 9.90 Å². The second-order valence-corrected chi connectivity index (χ2v) is 5.24. The van der Waals surface area contributed by atoms with Crippen molar-refractivity contribution in [2.24, 2.45) is 0 Å². The molecule has 0 aliphatic heterocycles. The van der Waals surface area contributed by atoms with Crippen molar-refractivity contribution in [2.75, 3.05) is 0 Å². The fourth-order valence-electron chi connectivity index (χ4n) is 2.75. The van der Waals surface area contributed by atoms with Crippen molar-refractivity contribution < 1.29 is 9.90 Å². The standard InChI is InChI=1S/C18H16O2/c1-12-5-4-6-13(9-12)10-16(19)18-15-8-3-2-7-14(15)11-17(18)20/h2-9,19H,10-11H2,1H3. The van der Waals surface area contributed by atoms with E-state index in [1.54, 1.807) is 0 Å². The average Bonchev–Trinajstić information content (AvgIpc) is 2.74. The zero-order chi connectivity index (χ0) is 14.1. The van der Waals surface area contributed by atoms with E-state index in [2.05, 4.69) is 0 Å². The van der Waals surface area contributed by atoms with Gasteiger partial charge in [-0.15, -0.1) is 0 Å². The molecule has 2 nitrogen and oxygen atoms in total. The Morgan fingerprint density at radius 1 is 1.15 bits per heavy atom. The molecular weight excluding hydrogens is 248 g/mol. The monoisotopic (exact) mass is 264 g/mol. The van der Waals surface area contributed by atoms with E-state index in [0.717, 1.165) is 22.3 Å². The summed E-state index contributed by atoms with van der Waals surface area (Å²) in [5.41, 5.74) is 4.54. The number of rotatable bonds is 2. The van der Waals surface area contributed by atoms with Gasteiger partial charge in [0.05, 0.1) is 5.57 Å². The molecule has 2 aromatic carbocycles. The first-order valence-electron chi connectivity index (χ1n) is 6.74. The second-order valence-electron chi connectivity index (χ2n) is 5.24. The van der Waals surface area contributed by atoms with Crippen molar-refractivity contribution in [1.29, 1.82) is 0 Å². The summed E-state index contributed by atoms with van der Waals surface area (Å²) in [7, 11) is 0. The molecule has 0 unspecified atom stereocenters. The summed E-state index contributed by atoms with van der Waals surface area (Å²) >= 11 is 0. The van der Waals surface area contributed by atoms with Crippen LogP contribution in [-0.2, 0) is 17.6 Å². The summed E-state index contributed by atoms with van der Waals surface area (Å²) in [6, 6.07) is 15.7. The Morgan fingerprint density at radius 3 is 2.75 bits per heavy atom. The summed E-state index contributed by atoms with van der Waals surface area (Å²) in [5, 5.41) is 10.4. The summed E-state index contributed by atoms with van der Waals surface area (Å²) in [4.78, 5) is 12.1. The minimum atomic E-state index is 0.0105. The van der Waals surface area contributed by atoms with Gasteiger partial charge >= 0.3 is 0 Å². The smallest absolute Gasteiger partial charge is 0.171 e. The van der Waals surface area contributed by atoms with Gasteiger partial charge in [0, 0.05) is 12.8 Å². The number of Topliss-reactive ketones (excluding diaryl/α,β-unsaturated/α-hetero) is 1. The Kier molecular flexibility index (Phi) is 3.15. The molecule has 3 rings (SSSR count). The lowest BCUT2D eigenvalue weighted by atomic mass is 10.0. The van der Waals surface area contributed by atoms with Gasteiger partial charge in [-0.3, -0.25) is 4.79 Å². The van der Waals surface area contributed by atoms with Crippen LogP contribution in [0.25, 0.3) is 5.57 Å². The van der Waals surface area contributed by atoms with Crippen molar-refractivity contribution in [3.63, 3.8) is 0 Å². The van der Waals surface area contributed by atoms with Crippen LogP contribution in [0.3, 0.4) is 0 Å². The number of fused-ring (bicyclic) bond motifs is 1. The van der Waals surface area contributed by atoms with E-state index in [4.69, 9.17) is 0 Å². The number of carbonyl (C=O) groups excluding carboxylic acids is 1. The van der Waals surface area contributed by atoms with Gasteiger partial charge in [0.2, 0.25) is 0 Å². The zero-order valence-corrected chi connectivity index (χ0v) is 11.4. The number of aliphatic hydroxyl groups excluding tert-OH is 1. The highest BCUT2D eigenvalue weighted by Gasteiger charge is 2.27. The molecule has 0 saturated carbocycles. The first-order valence-corrected chi connectivity index (χ1v) is 6.74. The van der Waals surface area contributed by atoms with Crippen LogP contribution >= 0.6 is 0 Å². The largest absolute Gasteiger partial charge is 0.511 e. The maximum Gasteiger partial charge on any atom is 0.171 e. The van der Waals surface area contributed by atoms with Crippen molar-refractivity contribution in [1.82, 2.24) is 0 Å². The second kappa shape index (κ2) is 4.97. The minimum absolute atomic E-state index is 0.0105. The van der Waals surface area contributed by atoms with Gasteiger partial charge in [-0.05, 0) is 23.6 Å². The summed E-state index contributed by atoms with van der Waals surface area (Å²) in [5.74, 6) is 0.182. The van der Waals surface area contributed by atoms with Crippen LogP contribution in [0.4, 0.5) is 0 Å². The quantitative estimate of drug-likeness (QED) is 0.664. The van der Waals surface area contributed by atoms with Crippen LogP contribution in [0.5, 0.6) is 0 Å². The summed E-state index contributed by atoms with van der Waals surface area (Å²) in [6.07, 6.45) is 0.792. The Hall–Kier alpha value is -2.35. The van der Waals surface area contributed by atoms with Gasteiger partial charge < -0.3 is 5.11 Å². The number of allylic oxidation sites excluding steroid dienone is 2. The van der Waals surface area contributed by atoms with E-state index >= 15 is 0 Å². The zero-order valence-electron chi connectivity index (χ0n) is 11.4. The molecule has 0 saturated heterocycles. The predicted octanol–water partition coefficient (Wildman–Crippen LogP) is 3.63. The Balaban J connectivity index is 2.00. The van der Waals surface area contributed by atoms with Gasteiger partial charge in [-0.2, -0.15) is 0 Å². The molecule has 0 fully saturated rings. The Bertz CT molecular complexity index is 711. The van der Waals surface area contributed by atoms with E-state index in [-0.39, 0.29) is 11.5 Å². The molecule has 0 amide bonds. The lowest BCUT2D eigenvalue weighted by Gasteiger charge is -2.06. The van der Waals surface area contributed by atoms with Gasteiger partial charge in [0.25, 0.3) is 0 Å². The van der Waals surface area contributed by atoms with E-state index in [0.29, 0.717) is 18.4 Å². The highest BCUT2D eigenvalue weighted by Crippen LogP contribution is 2.32. The molecular formula is C18H16O2. The molecule has 1 aliphatic carbocycles. The third-order valence-corrected chi connectivity index (χ3v) is 3.66. The molecule has 0 bridgehead atoms. The fraction of sp³-hybridized carbons (Fsp3) is 0.167. The van der Waals surface area contributed by atoms with Gasteiger partial charge in [0.1, 0.15) is 5.76 Å². The highest BCUT2D eigenvalue weighted by molar-refractivity contribution is 6.25. The predicted molar refractivity (Wildman–Crippen MR) is 79.6 cm³/mol. The molecule has 100 valence electrons. The first kappa shape index (κ1) is 12.7. The number of ketones is 1. The minimum Gasteiger partial charge on any atom is -0.511 e. The molecule has 2 heteroatoms. The van der Waals surface area contributed by atoms with Crippen molar-refractivity contribution >= 4 is 11.4 Å². The molecule has 1 N–H and O–H groups in total. The van der Waals surface area contributed by atoms with Gasteiger partial charge in [-0.1, -0.05) is 54.1 Å². The molecule has 2 aromatic rings. The lowest BCUT2D eigenvalue weighted by molar-refractivity contribution is -0.112. The molecule has 0 radical (unpaired) electrons. The Labute approximate surface area is 118 Å². The third kappa shape index (κ3) is 2.25.